The second-order valence-corrected chi connectivity index (χ2v) is 7.26. The average molecular weight is 385 g/mol. The van der Waals surface area contributed by atoms with E-state index >= 15 is 0 Å². The van der Waals surface area contributed by atoms with E-state index in [1.807, 2.05) is 35.2 Å². The molecule has 1 aliphatic rings. The maximum Gasteiger partial charge on any atom is 0.305 e. The molecule has 1 saturated heterocycles. The number of nitrogens with one attached hydrogen (secondary N) is 2. The van der Waals surface area contributed by atoms with E-state index in [-0.39, 0.29) is 30.1 Å². The average Bonchev–Trinajstić information content (AvgIpc) is 3.16. The number of carbonyl (C=O) groups is 3. The number of benzene rings is 1. The van der Waals surface area contributed by atoms with Crippen molar-refractivity contribution in [2.75, 3.05) is 26.7 Å². The van der Waals surface area contributed by atoms with E-state index < -0.39 is 0 Å². The summed E-state index contributed by atoms with van der Waals surface area (Å²) in [6, 6.07) is 9.63. The minimum atomic E-state index is -0.288. The van der Waals surface area contributed by atoms with Crippen molar-refractivity contribution in [3.8, 4) is 0 Å². The lowest BCUT2D eigenvalue weighted by Crippen LogP contribution is -2.43. The van der Waals surface area contributed by atoms with Gasteiger partial charge in [0.05, 0.1) is 7.11 Å². The summed E-state index contributed by atoms with van der Waals surface area (Å²) in [6.07, 6.45) is 3.03. The second-order valence-electron chi connectivity index (χ2n) is 7.26. The zero-order valence-corrected chi connectivity index (χ0v) is 16.2. The summed E-state index contributed by atoms with van der Waals surface area (Å²) >= 11 is 0. The smallest absolute Gasteiger partial charge is 0.305 e. The molecule has 7 nitrogen and oxygen atoms in total. The number of rotatable bonds is 7. The van der Waals surface area contributed by atoms with E-state index in [9.17, 15) is 14.4 Å². The van der Waals surface area contributed by atoms with Gasteiger partial charge in [0.15, 0.2) is 0 Å². The highest BCUT2D eigenvalue weighted by Crippen LogP contribution is 2.18. The summed E-state index contributed by atoms with van der Waals surface area (Å²) in [4.78, 5) is 40.9. The Balaban J connectivity index is 1.46. The third-order valence-electron chi connectivity index (χ3n) is 5.20. The molecule has 0 unspecified atom stereocenters. The summed E-state index contributed by atoms with van der Waals surface area (Å²) in [5.74, 6) is -0.107. The predicted molar refractivity (Wildman–Crippen MR) is 106 cm³/mol. The molecule has 7 heteroatoms. The van der Waals surface area contributed by atoms with E-state index in [4.69, 9.17) is 0 Å². The van der Waals surface area contributed by atoms with Gasteiger partial charge < -0.3 is 19.9 Å². The van der Waals surface area contributed by atoms with Crippen molar-refractivity contribution in [1.82, 2.24) is 15.2 Å². The van der Waals surface area contributed by atoms with Crippen molar-refractivity contribution in [1.29, 1.82) is 0 Å². The van der Waals surface area contributed by atoms with Crippen LogP contribution in [0.5, 0.6) is 0 Å². The third kappa shape index (κ3) is 5.12. The van der Waals surface area contributed by atoms with Crippen LogP contribution in [0.15, 0.2) is 30.3 Å². The third-order valence-corrected chi connectivity index (χ3v) is 5.20. The lowest BCUT2D eigenvalue weighted by Gasteiger charge is -2.33. The molecule has 1 aromatic carbocycles. The van der Waals surface area contributed by atoms with Gasteiger partial charge in [0.1, 0.15) is 5.69 Å². The molecule has 150 valence electrons. The van der Waals surface area contributed by atoms with Crippen LogP contribution >= 0.6 is 0 Å². The topological polar surface area (TPSA) is 91.5 Å². The van der Waals surface area contributed by atoms with Crippen LogP contribution in [0.25, 0.3) is 10.9 Å². The highest BCUT2D eigenvalue weighted by atomic mass is 16.5. The Bertz CT molecular complexity index is 812. The maximum atomic E-state index is 12.4. The molecule has 2 amide bonds. The molecular formula is C21H27N3O4. The maximum absolute atomic E-state index is 12.4. The number of likely N-dealkylation sites (tertiary alicyclic amines) is 1. The molecule has 1 fully saturated rings. The number of ether oxygens (including phenoxy) is 1. The first-order chi connectivity index (χ1) is 13.6. The number of fused-ring (bicyclic) bond motifs is 1. The van der Waals surface area contributed by atoms with Gasteiger partial charge in [-0.25, -0.2) is 0 Å². The zero-order valence-electron chi connectivity index (χ0n) is 16.2. The number of para-hydroxylation sites is 1. The number of hydrogen-bond donors (Lipinski definition) is 2. The first-order valence-electron chi connectivity index (χ1n) is 9.77. The molecule has 1 aliphatic heterocycles. The van der Waals surface area contributed by atoms with Crippen LogP contribution in [-0.4, -0.2) is 54.4 Å². The van der Waals surface area contributed by atoms with Crippen LogP contribution in [0.1, 0.15) is 42.6 Å². The van der Waals surface area contributed by atoms with Gasteiger partial charge in [0.2, 0.25) is 5.91 Å². The van der Waals surface area contributed by atoms with Crippen LogP contribution in [0.3, 0.4) is 0 Å². The predicted octanol–water partition coefficient (Wildman–Crippen LogP) is 2.48. The van der Waals surface area contributed by atoms with E-state index in [2.05, 4.69) is 15.0 Å². The summed E-state index contributed by atoms with van der Waals surface area (Å²) in [5.41, 5.74) is 1.49. The van der Waals surface area contributed by atoms with Crippen LogP contribution in [0.4, 0.5) is 0 Å². The Hall–Kier alpha value is -2.83. The highest BCUT2D eigenvalue weighted by Gasteiger charge is 2.24. The summed E-state index contributed by atoms with van der Waals surface area (Å²) in [6.45, 7) is 1.92. The first-order valence-corrected chi connectivity index (χ1v) is 9.77. The van der Waals surface area contributed by atoms with Gasteiger partial charge in [-0.1, -0.05) is 18.2 Å². The van der Waals surface area contributed by atoms with Gasteiger partial charge in [-0.05, 0) is 37.3 Å². The van der Waals surface area contributed by atoms with E-state index in [1.165, 1.54) is 7.11 Å². The molecule has 1 atom stereocenters. The molecule has 1 aromatic heterocycles. The van der Waals surface area contributed by atoms with Gasteiger partial charge >= 0.3 is 5.97 Å². The fourth-order valence-corrected chi connectivity index (χ4v) is 3.63. The number of amides is 2. The molecule has 0 aliphatic carbocycles. The van der Waals surface area contributed by atoms with Gasteiger partial charge in [-0.3, -0.25) is 14.4 Å². The van der Waals surface area contributed by atoms with Crippen LogP contribution in [0, 0.1) is 5.92 Å². The molecular weight excluding hydrogens is 358 g/mol. The van der Waals surface area contributed by atoms with Crippen molar-refractivity contribution in [3.05, 3.63) is 36.0 Å². The van der Waals surface area contributed by atoms with E-state index in [0.717, 1.165) is 30.3 Å². The van der Waals surface area contributed by atoms with Gasteiger partial charge in [-0.15, -0.1) is 0 Å². The number of aromatic nitrogens is 1. The standard InChI is InChI=1S/C21H27N3O4/c1-28-20(26)10-4-9-19(25)24-11-5-6-15(14-24)13-22-21(27)18-12-16-7-2-3-8-17(16)23-18/h2-3,7-8,12,15,23H,4-6,9-11,13-14H2,1H3,(H,22,27)/t15-/m0/s1. The lowest BCUT2D eigenvalue weighted by atomic mass is 9.97. The Kier molecular flexibility index (Phi) is 6.68. The van der Waals surface area contributed by atoms with Crippen molar-refractivity contribution < 1.29 is 19.1 Å². The first kappa shape index (κ1) is 19.9. The fraction of sp³-hybridized carbons (Fsp3) is 0.476. The Morgan fingerprint density at radius 2 is 2.07 bits per heavy atom. The molecule has 3 rings (SSSR count). The number of hydrogen-bond acceptors (Lipinski definition) is 4. The monoisotopic (exact) mass is 385 g/mol. The summed E-state index contributed by atoms with van der Waals surface area (Å²) in [7, 11) is 1.35. The van der Waals surface area contributed by atoms with E-state index in [1.54, 1.807) is 0 Å². The lowest BCUT2D eigenvalue weighted by molar-refractivity contribution is -0.141. The molecule has 28 heavy (non-hydrogen) atoms. The minimum absolute atomic E-state index is 0.0653. The molecule has 0 spiro atoms. The molecule has 2 heterocycles. The van der Waals surface area contributed by atoms with Crippen LogP contribution in [0.2, 0.25) is 0 Å². The number of carbonyl (C=O) groups excluding carboxylic acids is 3. The molecule has 2 aromatic rings. The molecule has 0 bridgehead atoms. The number of H-pyrrole nitrogens is 1. The van der Waals surface area contributed by atoms with Gasteiger partial charge in [-0.2, -0.15) is 0 Å². The quantitative estimate of drug-likeness (QED) is 0.717. The SMILES string of the molecule is COC(=O)CCCC(=O)N1CCC[C@@H](CNC(=O)c2cc3ccccc3[nH]2)C1. The van der Waals surface area contributed by atoms with Crippen LogP contribution < -0.4 is 5.32 Å². The largest absolute Gasteiger partial charge is 0.469 e. The second kappa shape index (κ2) is 9.39. The molecule has 0 saturated carbocycles. The fourth-order valence-electron chi connectivity index (χ4n) is 3.63. The number of methoxy groups -OCH3 is 1. The highest BCUT2D eigenvalue weighted by molar-refractivity contribution is 5.97. The summed E-state index contributed by atoms with van der Waals surface area (Å²) < 4.78 is 4.60. The Labute approximate surface area is 164 Å². The number of aromatic amines is 1. The normalized spacial score (nSPS) is 16.8. The van der Waals surface area contributed by atoms with E-state index in [0.29, 0.717) is 31.6 Å². The Morgan fingerprint density at radius 1 is 1.25 bits per heavy atom. The van der Waals surface area contributed by atoms with Crippen molar-refractivity contribution in [2.24, 2.45) is 5.92 Å². The van der Waals surface area contributed by atoms with Gasteiger partial charge in [0.25, 0.3) is 5.91 Å². The zero-order chi connectivity index (χ0) is 19.9. The Morgan fingerprint density at radius 3 is 2.86 bits per heavy atom. The van der Waals surface area contributed by atoms with Crippen molar-refractivity contribution in [3.63, 3.8) is 0 Å². The molecule has 0 radical (unpaired) electrons. The van der Waals surface area contributed by atoms with Crippen molar-refractivity contribution in [2.45, 2.75) is 32.1 Å². The summed E-state index contributed by atoms with van der Waals surface area (Å²) in [5, 5.41) is 3.99. The van der Waals surface area contributed by atoms with Crippen LogP contribution in [-0.2, 0) is 14.3 Å². The van der Waals surface area contributed by atoms with Gasteiger partial charge in [0, 0.05) is 43.4 Å². The number of esters is 1. The molecule has 2 N–H and O–H groups in total. The number of nitrogens with zero attached hydrogens (tertiary/aromatic N) is 1. The van der Waals surface area contributed by atoms with Crippen molar-refractivity contribution >= 4 is 28.7 Å². The minimum Gasteiger partial charge on any atom is -0.469 e. The number of piperidine rings is 1.